The Kier molecular flexibility index (Phi) is 3.27. The van der Waals surface area contributed by atoms with E-state index in [0.717, 1.165) is 36.8 Å². The average molecular weight is 286 g/mol. The van der Waals surface area contributed by atoms with Crippen molar-refractivity contribution in [3.63, 3.8) is 0 Å². The van der Waals surface area contributed by atoms with Gasteiger partial charge >= 0.3 is 0 Å². The van der Waals surface area contributed by atoms with Crippen molar-refractivity contribution in [3.05, 3.63) is 94.2 Å². The van der Waals surface area contributed by atoms with Crippen molar-refractivity contribution >= 4 is 5.78 Å². The summed E-state index contributed by atoms with van der Waals surface area (Å²) in [6.45, 7) is 0. The molecule has 0 aliphatic heterocycles. The van der Waals surface area contributed by atoms with Crippen LogP contribution in [0.25, 0.3) is 0 Å². The second-order valence-corrected chi connectivity index (χ2v) is 5.97. The Morgan fingerprint density at radius 2 is 1.18 bits per heavy atom. The Hall–Kier alpha value is -2.41. The van der Waals surface area contributed by atoms with Crippen LogP contribution in [0.2, 0.25) is 0 Å². The van der Waals surface area contributed by atoms with Gasteiger partial charge in [-0.25, -0.2) is 0 Å². The van der Waals surface area contributed by atoms with Gasteiger partial charge in [0, 0.05) is 11.1 Å². The smallest absolute Gasteiger partial charge is 0.193 e. The molecule has 0 aromatic rings. The van der Waals surface area contributed by atoms with Gasteiger partial charge in [-0.05, 0) is 48.0 Å². The van der Waals surface area contributed by atoms with E-state index in [2.05, 4.69) is 48.6 Å². The van der Waals surface area contributed by atoms with E-state index >= 15 is 0 Å². The molecule has 0 saturated heterocycles. The lowest BCUT2D eigenvalue weighted by Crippen LogP contribution is -2.07. The van der Waals surface area contributed by atoms with Crippen LogP contribution in [-0.4, -0.2) is 5.78 Å². The zero-order valence-electron chi connectivity index (χ0n) is 12.5. The third-order valence-corrected chi connectivity index (χ3v) is 4.67. The van der Waals surface area contributed by atoms with Crippen LogP contribution in [0.15, 0.2) is 94.2 Å². The van der Waals surface area contributed by atoms with E-state index in [9.17, 15) is 4.79 Å². The Morgan fingerprint density at radius 3 is 1.59 bits per heavy atom. The highest BCUT2D eigenvalue weighted by atomic mass is 16.1. The van der Waals surface area contributed by atoms with Crippen LogP contribution in [-0.2, 0) is 4.79 Å². The SMILES string of the molecule is O=C(C1=C(C2=CC=CC2)CC=C1)C1=C(C2=CC=CC2)CC=C1. The molecule has 0 radical (unpaired) electrons. The van der Waals surface area contributed by atoms with E-state index in [1.54, 1.807) is 0 Å². The molecule has 22 heavy (non-hydrogen) atoms. The van der Waals surface area contributed by atoms with Gasteiger partial charge in [0.25, 0.3) is 0 Å². The van der Waals surface area contributed by atoms with E-state index in [-0.39, 0.29) is 5.78 Å². The molecule has 0 bridgehead atoms. The van der Waals surface area contributed by atoms with Crippen LogP contribution >= 0.6 is 0 Å². The Bertz CT molecular complexity index is 720. The van der Waals surface area contributed by atoms with Gasteiger partial charge in [0.05, 0.1) is 0 Å². The number of ketones is 1. The summed E-state index contributed by atoms with van der Waals surface area (Å²) in [7, 11) is 0. The molecule has 0 heterocycles. The minimum atomic E-state index is 0.188. The summed E-state index contributed by atoms with van der Waals surface area (Å²) in [5, 5.41) is 0. The molecule has 108 valence electrons. The molecule has 4 rings (SSSR count). The van der Waals surface area contributed by atoms with Crippen molar-refractivity contribution < 1.29 is 4.79 Å². The highest BCUT2D eigenvalue weighted by molar-refractivity contribution is 6.14. The number of hydrogen-bond donors (Lipinski definition) is 0. The van der Waals surface area contributed by atoms with Crippen molar-refractivity contribution in [1.29, 1.82) is 0 Å². The normalized spacial score (nSPS) is 22.4. The zero-order chi connectivity index (χ0) is 14.9. The number of allylic oxidation sites excluding steroid dienone is 16. The fourth-order valence-electron chi connectivity index (χ4n) is 3.53. The molecule has 0 amide bonds. The first-order valence-corrected chi connectivity index (χ1v) is 7.91. The third-order valence-electron chi connectivity index (χ3n) is 4.67. The van der Waals surface area contributed by atoms with Gasteiger partial charge in [-0.2, -0.15) is 0 Å². The Labute approximate surface area is 131 Å². The lowest BCUT2D eigenvalue weighted by atomic mass is 9.92. The van der Waals surface area contributed by atoms with Gasteiger partial charge in [-0.15, -0.1) is 0 Å². The quantitative estimate of drug-likeness (QED) is 0.722. The van der Waals surface area contributed by atoms with E-state index in [4.69, 9.17) is 0 Å². The first-order valence-electron chi connectivity index (χ1n) is 7.91. The molecular weight excluding hydrogens is 268 g/mol. The van der Waals surface area contributed by atoms with Gasteiger partial charge in [0.1, 0.15) is 0 Å². The van der Waals surface area contributed by atoms with Crippen LogP contribution < -0.4 is 0 Å². The molecule has 0 unspecified atom stereocenters. The summed E-state index contributed by atoms with van der Waals surface area (Å²) in [4.78, 5) is 13.1. The molecule has 0 fully saturated rings. The molecule has 0 aromatic heterocycles. The second kappa shape index (κ2) is 5.42. The van der Waals surface area contributed by atoms with Crippen LogP contribution in [0.4, 0.5) is 0 Å². The minimum absolute atomic E-state index is 0.188. The minimum Gasteiger partial charge on any atom is -0.289 e. The zero-order valence-corrected chi connectivity index (χ0v) is 12.5. The van der Waals surface area contributed by atoms with Crippen molar-refractivity contribution in [2.45, 2.75) is 25.7 Å². The molecule has 4 aliphatic carbocycles. The van der Waals surface area contributed by atoms with Gasteiger partial charge in [-0.1, -0.05) is 60.8 Å². The summed E-state index contributed by atoms with van der Waals surface area (Å²) < 4.78 is 0. The maximum absolute atomic E-state index is 13.1. The largest absolute Gasteiger partial charge is 0.289 e. The molecule has 0 aromatic carbocycles. The highest BCUT2D eigenvalue weighted by Gasteiger charge is 2.25. The molecule has 0 saturated carbocycles. The highest BCUT2D eigenvalue weighted by Crippen LogP contribution is 2.36. The van der Waals surface area contributed by atoms with E-state index in [1.165, 1.54) is 22.3 Å². The van der Waals surface area contributed by atoms with Crippen molar-refractivity contribution in [2.75, 3.05) is 0 Å². The second-order valence-electron chi connectivity index (χ2n) is 5.97. The van der Waals surface area contributed by atoms with Crippen LogP contribution in [0, 0.1) is 0 Å². The van der Waals surface area contributed by atoms with Crippen molar-refractivity contribution in [1.82, 2.24) is 0 Å². The number of rotatable bonds is 4. The van der Waals surface area contributed by atoms with Crippen LogP contribution in [0.3, 0.4) is 0 Å². The standard InChI is InChI=1S/C21H18O/c22-21(19-13-5-11-17(19)15-7-1-2-8-15)20-14-6-12-18(20)16-9-3-4-10-16/h1-7,9,13-14H,8,10-12H2. The van der Waals surface area contributed by atoms with Gasteiger partial charge in [0.2, 0.25) is 0 Å². The maximum Gasteiger partial charge on any atom is 0.193 e. The molecule has 1 nitrogen and oxygen atoms in total. The van der Waals surface area contributed by atoms with Crippen molar-refractivity contribution in [3.8, 4) is 0 Å². The molecule has 0 N–H and O–H groups in total. The molecule has 1 heteroatoms. The lowest BCUT2D eigenvalue weighted by molar-refractivity contribution is -0.111. The number of hydrogen-bond acceptors (Lipinski definition) is 1. The van der Waals surface area contributed by atoms with Gasteiger partial charge < -0.3 is 0 Å². The average Bonchev–Trinajstić information content (AvgIpc) is 3.35. The summed E-state index contributed by atoms with van der Waals surface area (Å²) in [5.41, 5.74) is 6.78. The summed E-state index contributed by atoms with van der Waals surface area (Å²) in [6, 6.07) is 0. The van der Waals surface area contributed by atoms with E-state index in [1.807, 2.05) is 12.2 Å². The van der Waals surface area contributed by atoms with Crippen LogP contribution in [0.1, 0.15) is 25.7 Å². The summed E-state index contributed by atoms with van der Waals surface area (Å²) in [5.74, 6) is 0.188. The van der Waals surface area contributed by atoms with E-state index < -0.39 is 0 Å². The number of carbonyl (C=O) groups is 1. The van der Waals surface area contributed by atoms with Crippen molar-refractivity contribution in [2.24, 2.45) is 0 Å². The molecular formula is C21H18O. The topological polar surface area (TPSA) is 17.1 Å². The summed E-state index contributed by atoms with van der Waals surface area (Å²) >= 11 is 0. The fourth-order valence-corrected chi connectivity index (χ4v) is 3.53. The first kappa shape index (κ1) is 13.3. The molecule has 0 spiro atoms. The number of carbonyl (C=O) groups excluding carboxylic acids is 1. The Balaban J connectivity index is 1.71. The Morgan fingerprint density at radius 1 is 0.682 bits per heavy atom. The maximum atomic E-state index is 13.1. The van der Waals surface area contributed by atoms with E-state index in [0.29, 0.717) is 0 Å². The molecule has 4 aliphatic rings. The third kappa shape index (κ3) is 2.14. The number of Topliss-reactive ketones (excluding diaryl/α,β-unsaturated/α-hetero) is 1. The predicted octanol–water partition coefficient (Wildman–Crippen LogP) is 4.84. The fraction of sp³-hybridized carbons (Fsp3) is 0.190. The van der Waals surface area contributed by atoms with Gasteiger partial charge in [-0.3, -0.25) is 4.79 Å². The first-order chi connectivity index (χ1) is 10.8. The predicted molar refractivity (Wildman–Crippen MR) is 90.3 cm³/mol. The summed E-state index contributed by atoms with van der Waals surface area (Å²) in [6.07, 6.45) is 24.6. The van der Waals surface area contributed by atoms with Crippen LogP contribution in [0.5, 0.6) is 0 Å². The molecule has 0 atom stereocenters. The lowest BCUT2D eigenvalue weighted by Gasteiger charge is -2.11. The van der Waals surface area contributed by atoms with Gasteiger partial charge in [0.15, 0.2) is 5.78 Å². The monoisotopic (exact) mass is 286 g/mol.